The molecule has 1 aliphatic heterocycles. The number of nitrogens with two attached hydrogens (primary N) is 1. The lowest BCUT2D eigenvalue weighted by molar-refractivity contribution is -0.119. The van der Waals surface area contributed by atoms with Crippen LogP contribution in [-0.4, -0.2) is 42.1 Å². The molecule has 8 heteroatoms. The summed E-state index contributed by atoms with van der Waals surface area (Å²) in [6.45, 7) is 6.45. The minimum Gasteiger partial charge on any atom is -0.370 e. The highest BCUT2D eigenvalue weighted by atomic mass is 127. The summed E-state index contributed by atoms with van der Waals surface area (Å²) >= 11 is 0. The number of amides is 1. The number of hydrogen-bond donors (Lipinski definition) is 2. The first kappa shape index (κ1) is 20.7. The fourth-order valence-corrected chi connectivity index (χ4v) is 2.89. The van der Waals surface area contributed by atoms with Crippen LogP contribution in [0.15, 0.2) is 15.6 Å². The maximum atomic E-state index is 11.1. The second kappa shape index (κ2) is 9.85. The molecule has 2 rings (SSSR count). The first-order chi connectivity index (χ1) is 11.0. The number of aromatic nitrogens is 1. The van der Waals surface area contributed by atoms with Crippen LogP contribution in [-0.2, 0) is 11.3 Å². The Kier molecular flexibility index (Phi) is 8.51. The average Bonchev–Trinajstić information content (AvgIpc) is 2.97. The molecule has 0 bridgehead atoms. The third-order valence-electron chi connectivity index (χ3n) is 4.11. The van der Waals surface area contributed by atoms with Gasteiger partial charge in [0, 0.05) is 32.6 Å². The molecule has 3 N–H and O–H groups in total. The first-order valence-corrected chi connectivity index (χ1v) is 8.19. The quantitative estimate of drug-likeness (QED) is 0.408. The van der Waals surface area contributed by atoms with Gasteiger partial charge in [-0.3, -0.25) is 9.79 Å². The van der Waals surface area contributed by atoms with Gasteiger partial charge in [0.05, 0.1) is 12.2 Å². The highest BCUT2D eigenvalue weighted by molar-refractivity contribution is 14.0. The smallest absolute Gasteiger partial charge is 0.217 e. The number of carbonyl (C=O) groups is 1. The van der Waals surface area contributed by atoms with Gasteiger partial charge in [0.15, 0.2) is 11.7 Å². The van der Waals surface area contributed by atoms with E-state index in [1.165, 1.54) is 0 Å². The fourth-order valence-electron chi connectivity index (χ4n) is 2.89. The van der Waals surface area contributed by atoms with Crippen LogP contribution in [0.3, 0.4) is 0 Å². The molecule has 0 saturated carbocycles. The Morgan fingerprint density at radius 3 is 2.92 bits per heavy atom. The van der Waals surface area contributed by atoms with Crippen molar-refractivity contribution in [1.29, 1.82) is 0 Å². The maximum Gasteiger partial charge on any atom is 0.217 e. The predicted octanol–water partition coefficient (Wildman–Crippen LogP) is 2.08. The van der Waals surface area contributed by atoms with E-state index in [1.54, 1.807) is 7.05 Å². The monoisotopic (exact) mass is 449 g/mol. The van der Waals surface area contributed by atoms with Gasteiger partial charge in [-0.25, -0.2) is 0 Å². The predicted molar refractivity (Wildman–Crippen MR) is 104 cm³/mol. The van der Waals surface area contributed by atoms with Gasteiger partial charge >= 0.3 is 0 Å². The van der Waals surface area contributed by atoms with E-state index in [-0.39, 0.29) is 29.9 Å². The molecule has 1 saturated heterocycles. The van der Waals surface area contributed by atoms with Crippen molar-refractivity contribution in [3.63, 3.8) is 0 Å². The molecular weight excluding hydrogens is 421 g/mol. The molecule has 0 aromatic carbocycles. The van der Waals surface area contributed by atoms with Gasteiger partial charge in [0.2, 0.25) is 5.91 Å². The van der Waals surface area contributed by atoms with E-state index in [0.29, 0.717) is 24.8 Å². The van der Waals surface area contributed by atoms with E-state index in [1.807, 2.05) is 6.07 Å². The van der Waals surface area contributed by atoms with Gasteiger partial charge in [0.1, 0.15) is 0 Å². The van der Waals surface area contributed by atoms with Crippen LogP contribution < -0.4 is 11.1 Å². The lowest BCUT2D eigenvalue weighted by Crippen LogP contribution is -2.46. The molecular formula is C16H28IN5O2. The maximum absolute atomic E-state index is 11.1. The Labute approximate surface area is 160 Å². The van der Waals surface area contributed by atoms with E-state index in [4.69, 9.17) is 10.3 Å². The molecule has 0 spiro atoms. The number of primary amides is 1. The van der Waals surface area contributed by atoms with Crippen LogP contribution in [0.4, 0.5) is 0 Å². The van der Waals surface area contributed by atoms with Gasteiger partial charge < -0.3 is 20.5 Å². The number of likely N-dealkylation sites (tertiary alicyclic amines) is 1. The normalized spacial score (nSPS) is 18.4. The molecule has 24 heavy (non-hydrogen) atoms. The minimum absolute atomic E-state index is 0. The second-order valence-electron chi connectivity index (χ2n) is 6.40. The number of halogens is 1. The summed E-state index contributed by atoms with van der Waals surface area (Å²) < 4.78 is 5.33. The van der Waals surface area contributed by atoms with Gasteiger partial charge in [0.25, 0.3) is 0 Å². The molecule has 0 aliphatic carbocycles. The molecule has 1 aromatic rings. The fraction of sp³-hybridized carbons (Fsp3) is 0.688. The van der Waals surface area contributed by atoms with E-state index in [0.717, 1.165) is 43.3 Å². The Morgan fingerprint density at radius 1 is 1.58 bits per heavy atom. The number of carbonyl (C=O) groups excluding carboxylic acids is 1. The second-order valence-corrected chi connectivity index (χ2v) is 6.40. The van der Waals surface area contributed by atoms with Crippen molar-refractivity contribution < 1.29 is 9.32 Å². The molecule has 0 radical (unpaired) electrons. The molecule has 1 aliphatic rings. The number of hydrogen-bond acceptors (Lipinski definition) is 4. The molecule has 2 heterocycles. The van der Waals surface area contributed by atoms with Crippen molar-refractivity contribution in [3.8, 4) is 0 Å². The van der Waals surface area contributed by atoms with Crippen molar-refractivity contribution in [2.24, 2.45) is 16.6 Å². The standard InChI is InChI=1S/C16H27N5O2.HI/c1-11(2)14-8-13(23-20-14)9-19-16(18-3)21-6-4-5-12(10-21)7-15(17)22;/h8,11-12H,4-7,9-10H2,1-3H3,(H2,17,22)(H,18,19);1H. The zero-order valence-electron chi connectivity index (χ0n) is 14.6. The van der Waals surface area contributed by atoms with Crippen LogP contribution in [0.2, 0.25) is 0 Å². The number of guanidine groups is 1. The van der Waals surface area contributed by atoms with Crippen LogP contribution in [0.5, 0.6) is 0 Å². The summed E-state index contributed by atoms with van der Waals surface area (Å²) in [7, 11) is 1.76. The van der Waals surface area contributed by atoms with E-state index in [2.05, 4.69) is 34.2 Å². The van der Waals surface area contributed by atoms with Crippen molar-refractivity contribution >= 4 is 35.8 Å². The van der Waals surface area contributed by atoms with Gasteiger partial charge in [-0.15, -0.1) is 24.0 Å². The van der Waals surface area contributed by atoms with Crippen LogP contribution in [0, 0.1) is 5.92 Å². The van der Waals surface area contributed by atoms with Crippen LogP contribution in [0.25, 0.3) is 0 Å². The highest BCUT2D eigenvalue weighted by Crippen LogP contribution is 2.19. The highest BCUT2D eigenvalue weighted by Gasteiger charge is 2.23. The molecule has 7 nitrogen and oxygen atoms in total. The number of rotatable bonds is 5. The lowest BCUT2D eigenvalue weighted by atomic mass is 9.95. The molecule has 136 valence electrons. The number of nitrogens with one attached hydrogen (secondary N) is 1. The summed E-state index contributed by atoms with van der Waals surface area (Å²) in [6.07, 6.45) is 2.52. The Morgan fingerprint density at radius 2 is 2.33 bits per heavy atom. The van der Waals surface area contributed by atoms with Crippen molar-refractivity contribution in [2.45, 2.75) is 45.6 Å². The van der Waals surface area contributed by atoms with Gasteiger partial charge in [-0.05, 0) is 24.7 Å². The number of nitrogens with zero attached hydrogens (tertiary/aromatic N) is 3. The Bertz CT molecular complexity index is 558. The molecule has 1 aromatic heterocycles. The Hall–Kier alpha value is -1.32. The summed E-state index contributed by atoms with van der Waals surface area (Å²) in [4.78, 5) is 17.6. The van der Waals surface area contributed by atoms with Crippen molar-refractivity contribution in [1.82, 2.24) is 15.4 Å². The summed E-state index contributed by atoms with van der Waals surface area (Å²) in [5, 5.41) is 7.36. The minimum atomic E-state index is -0.234. The SMILES string of the molecule is CN=C(NCc1cc(C(C)C)no1)N1CCCC(CC(N)=O)C1.I. The Balaban J connectivity index is 0.00000288. The molecule has 1 amide bonds. The van der Waals surface area contributed by atoms with Crippen molar-refractivity contribution in [2.75, 3.05) is 20.1 Å². The molecule has 1 unspecified atom stereocenters. The third-order valence-corrected chi connectivity index (χ3v) is 4.11. The zero-order chi connectivity index (χ0) is 16.8. The van der Waals surface area contributed by atoms with Crippen LogP contribution in [0.1, 0.15) is 50.5 Å². The van der Waals surface area contributed by atoms with Crippen LogP contribution >= 0.6 is 24.0 Å². The van der Waals surface area contributed by atoms with Gasteiger partial charge in [-0.2, -0.15) is 0 Å². The summed E-state index contributed by atoms with van der Waals surface area (Å²) in [5.74, 6) is 2.03. The summed E-state index contributed by atoms with van der Waals surface area (Å²) in [6, 6.07) is 1.97. The zero-order valence-corrected chi connectivity index (χ0v) is 16.9. The topological polar surface area (TPSA) is 96.8 Å². The van der Waals surface area contributed by atoms with E-state index in [9.17, 15) is 4.79 Å². The third kappa shape index (κ3) is 5.95. The van der Waals surface area contributed by atoms with Gasteiger partial charge in [-0.1, -0.05) is 19.0 Å². The van der Waals surface area contributed by atoms with E-state index < -0.39 is 0 Å². The number of piperidine rings is 1. The number of aliphatic imine (C=N–C) groups is 1. The molecule has 1 fully saturated rings. The first-order valence-electron chi connectivity index (χ1n) is 8.19. The van der Waals surface area contributed by atoms with Crippen molar-refractivity contribution in [3.05, 3.63) is 17.5 Å². The molecule has 1 atom stereocenters. The van der Waals surface area contributed by atoms with E-state index >= 15 is 0 Å². The average molecular weight is 449 g/mol. The largest absolute Gasteiger partial charge is 0.370 e. The summed E-state index contributed by atoms with van der Waals surface area (Å²) in [5.41, 5.74) is 6.27. The lowest BCUT2D eigenvalue weighted by Gasteiger charge is -2.34.